The van der Waals surface area contributed by atoms with Crippen LogP contribution in [0.1, 0.15) is 25.0 Å². The molecule has 0 aliphatic heterocycles. The molecule has 8 aromatic carbocycles. The van der Waals surface area contributed by atoms with Crippen LogP contribution >= 0.6 is 0 Å². The van der Waals surface area contributed by atoms with Gasteiger partial charge in [0.15, 0.2) is 17.5 Å². The average Bonchev–Trinajstić information content (AvgIpc) is 3.47. The zero-order chi connectivity index (χ0) is 35.5. The van der Waals surface area contributed by atoms with Crippen LogP contribution in [-0.4, -0.2) is 15.0 Å². The predicted octanol–water partition coefficient (Wildman–Crippen LogP) is 12.8. The molecule has 0 atom stereocenters. The van der Waals surface area contributed by atoms with Crippen molar-refractivity contribution in [1.29, 1.82) is 0 Å². The van der Waals surface area contributed by atoms with Crippen LogP contribution in [0.15, 0.2) is 176 Å². The first kappa shape index (κ1) is 31.1. The topological polar surface area (TPSA) is 38.7 Å². The van der Waals surface area contributed by atoms with Crippen LogP contribution < -0.4 is 0 Å². The predicted molar refractivity (Wildman–Crippen MR) is 220 cm³/mol. The Hall–Kier alpha value is -6.71. The lowest BCUT2D eigenvalue weighted by Crippen LogP contribution is -2.15. The van der Waals surface area contributed by atoms with E-state index in [-0.39, 0.29) is 5.41 Å². The molecule has 250 valence electrons. The smallest absolute Gasteiger partial charge is 0.164 e. The maximum atomic E-state index is 4.93. The van der Waals surface area contributed by atoms with Gasteiger partial charge < -0.3 is 0 Å². The van der Waals surface area contributed by atoms with E-state index in [9.17, 15) is 0 Å². The van der Waals surface area contributed by atoms with Crippen LogP contribution in [0.3, 0.4) is 0 Å². The summed E-state index contributed by atoms with van der Waals surface area (Å²) in [5, 5.41) is 5.06. The van der Waals surface area contributed by atoms with E-state index < -0.39 is 0 Å². The molecular weight excluding hydrogens is 643 g/mol. The Morgan fingerprint density at radius 2 is 0.811 bits per heavy atom. The Labute approximate surface area is 309 Å². The number of hydrogen-bond acceptors (Lipinski definition) is 3. The molecule has 3 heteroatoms. The molecule has 1 aliphatic rings. The zero-order valence-electron chi connectivity index (χ0n) is 29.6. The molecule has 0 bridgehead atoms. The first-order valence-electron chi connectivity index (χ1n) is 18.2. The van der Waals surface area contributed by atoms with Crippen molar-refractivity contribution in [3.05, 3.63) is 187 Å². The first-order chi connectivity index (χ1) is 26.0. The van der Waals surface area contributed by atoms with Gasteiger partial charge >= 0.3 is 0 Å². The highest BCUT2D eigenvalue weighted by molar-refractivity contribution is 6.07. The van der Waals surface area contributed by atoms with Gasteiger partial charge in [-0.05, 0) is 72.1 Å². The molecule has 0 radical (unpaired) electrons. The third-order valence-electron chi connectivity index (χ3n) is 10.9. The Morgan fingerprint density at radius 3 is 1.43 bits per heavy atom. The number of rotatable bonds is 5. The zero-order valence-corrected chi connectivity index (χ0v) is 29.6. The van der Waals surface area contributed by atoms with Crippen LogP contribution in [0.25, 0.3) is 89.1 Å². The lowest BCUT2D eigenvalue weighted by Gasteiger charge is -2.23. The van der Waals surface area contributed by atoms with E-state index in [0.29, 0.717) is 17.5 Å². The van der Waals surface area contributed by atoms with Crippen LogP contribution in [0.4, 0.5) is 0 Å². The van der Waals surface area contributed by atoms with E-state index >= 15 is 0 Å². The van der Waals surface area contributed by atoms with E-state index in [0.717, 1.165) is 22.3 Å². The summed E-state index contributed by atoms with van der Waals surface area (Å²) >= 11 is 0. The molecule has 9 aromatic rings. The molecule has 0 saturated carbocycles. The van der Waals surface area contributed by atoms with Crippen molar-refractivity contribution >= 4 is 21.5 Å². The van der Waals surface area contributed by atoms with Gasteiger partial charge in [-0.25, -0.2) is 15.0 Å². The molecule has 1 aromatic heterocycles. The standard InChI is InChI=1S/C50H35N3/c1-50(2)45-20-12-11-19-43(45)44-28-26-37-31-36(25-27-40(37)46(44)50)39-30-29-38(41-17-9-10-18-42(39)41)32-21-23-35(24-22-32)49-52-47(33-13-5-3-6-14-33)51-48(53-49)34-15-7-4-8-16-34/h3-31H,1-2H3. The minimum absolute atomic E-state index is 0.0469. The fourth-order valence-electron chi connectivity index (χ4n) is 8.33. The Bertz CT molecular complexity index is 2780. The summed E-state index contributed by atoms with van der Waals surface area (Å²) in [6, 6.07) is 62.6. The van der Waals surface area contributed by atoms with Gasteiger partial charge in [-0.15, -0.1) is 0 Å². The molecule has 3 nitrogen and oxygen atoms in total. The summed E-state index contributed by atoms with van der Waals surface area (Å²) < 4.78 is 0. The Kier molecular flexibility index (Phi) is 7.16. The molecule has 1 aliphatic carbocycles. The number of nitrogens with zero attached hydrogens (tertiary/aromatic N) is 3. The molecule has 0 amide bonds. The molecule has 0 saturated heterocycles. The highest BCUT2D eigenvalue weighted by atomic mass is 15.0. The van der Waals surface area contributed by atoms with Gasteiger partial charge in [0.25, 0.3) is 0 Å². The molecule has 1 heterocycles. The summed E-state index contributed by atoms with van der Waals surface area (Å²) in [5.74, 6) is 1.97. The van der Waals surface area contributed by atoms with Crippen molar-refractivity contribution in [3.63, 3.8) is 0 Å². The van der Waals surface area contributed by atoms with Crippen molar-refractivity contribution in [2.45, 2.75) is 19.3 Å². The third-order valence-corrected chi connectivity index (χ3v) is 10.9. The summed E-state index contributed by atoms with van der Waals surface area (Å²) in [6.07, 6.45) is 0. The van der Waals surface area contributed by atoms with Gasteiger partial charge in [0, 0.05) is 22.1 Å². The SMILES string of the molecule is CC1(C)c2ccccc2-c2ccc3cc(-c4ccc(-c5ccc(-c6nc(-c7ccccc7)nc(-c7ccccc7)n6)cc5)c5ccccc45)ccc3c21. The molecule has 10 rings (SSSR count). The minimum Gasteiger partial charge on any atom is -0.208 e. The second-order valence-electron chi connectivity index (χ2n) is 14.4. The highest BCUT2D eigenvalue weighted by Crippen LogP contribution is 2.51. The lowest BCUT2D eigenvalue weighted by molar-refractivity contribution is 0.666. The molecule has 0 spiro atoms. The van der Waals surface area contributed by atoms with Gasteiger partial charge in [-0.3, -0.25) is 0 Å². The molecule has 0 fully saturated rings. The van der Waals surface area contributed by atoms with Crippen LogP contribution in [0.5, 0.6) is 0 Å². The van der Waals surface area contributed by atoms with E-state index in [1.54, 1.807) is 0 Å². The van der Waals surface area contributed by atoms with E-state index in [1.165, 1.54) is 60.5 Å². The quantitative estimate of drug-likeness (QED) is 0.182. The number of benzene rings is 8. The summed E-state index contributed by atoms with van der Waals surface area (Å²) in [7, 11) is 0. The van der Waals surface area contributed by atoms with Crippen LogP contribution in [0, 0.1) is 0 Å². The largest absolute Gasteiger partial charge is 0.208 e. The Balaban J connectivity index is 1.03. The lowest BCUT2D eigenvalue weighted by atomic mass is 9.80. The van der Waals surface area contributed by atoms with E-state index in [1.807, 2.05) is 60.7 Å². The van der Waals surface area contributed by atoms with Gasteiger partial charge in [-0.1, -0.05) is 184 Å². The van der Waals surface area contributed by atoms with Gasteiger partial charge in [0.1, 0.15) is 0 Å². The van der Waals surface area contributed by atoms with Crippen molar-refractivity contribution in [3.8, 4) is 67.5 Å². The minimum atomic E-state index is -0.0469. The maximum absolute atomic E-state index is 4.93. The van der Waals surface area contributed by atoms with Crippen LogP contribution in [0.2, 0.25) is 0 Å². The van der Waals surface area contributed by atoms with Gasteiger partial charge in [-0.2, -0.15) is 0 Å². The van der Waals surface area contributed by atoms with E-state index in [2.05, 4.69) is 129 Å². The second kappa shape index (κ2) is 12.2. The van der Waals surface area contributed by atoms with Gasteiger partial charge in [0.05, 0.1) is 0 Å². The molecule has 0 N–H and O–H groups in total. The first-order valence-corrected chi connectivity index (χ1v) is 18.2. The second-order valence-corrected chi connectivity index (χ2v) is 14.4. The monoisotopic (exact) mass is 677 g/mol. The highest BCUT2D eigenvalue weighted by Gasteiger charge is 2.36. The number of aromatic nitrogens is 3. The number of hydrogen-bond donors (Lipinski definition) is 0. The van der Waals surface area contributed by atoms with Crippen molar-refractivity contribution in [2.75, 3.05) is 0 Å². The summed E-state index contributed by atoms with van der Waals surface area (Å²) in [5.41, 5.74) is 13.2. The van der Waals surface area contributed by atoms with Crippen molar-refractivity contribution in [2.24, 2.45) is 0 Å². The fraction of sp³-hybridized carbons (Fsp3) is 0.0600. The maximum Gasteiger partial charge on any atom is 0.164 e. The Morgan fingerprint density at radius 1 is 0.340 bits per heavy atom. The molecule has 0 unspecified atom stereocenters. The normalized spacial score (nSPS) is 12.9. The summed E-state index contributed by atoms with van der Waals surface area (Å²) in [4.78, 5) is 14.7. The fourth-order valence-corrected chi connectivity index (χ4v) is 8.33. The third kappa shape index (κ3) is 5.16. The van der Waals surface area contributed by atoms with Gasteiger partial charge in [0.2, 0.25) is 0 Å². The van der Waals surface area contributed by atoms with Crippen molar-refractivity contribution < 1.29 is 0 Å². The van der Waals surface area contributed by atoms with Crippen LogP contribution in [-0.2, 0) is 5.41 Å². The summed E-state index contributed by atoms with van der Waals surface area (Å²) in [6.45, 7) is 4.72. The average molecular weight is 678 g/mol. The van der Waals surface area contributed by atoms with E-state index in [4.69, 9.17) is 15.0 Å². The molecule has 53 heavy (non-hydrogen) atoms. The number of fused-ring (bicyclic) bond motifs is 6. The van der Waals surface area contributed by atoms with Crippen molar-refractivity contribution in [1.82, 2.24) is 15.0 Å². The molecular formula is C50H35N3.